The molecule has 0 radical (unpaired) electrons. The van der Waals surface area contributed by atoms with Gasteiger partial charge in [-0.1, -0.05) is 0 Å². The van der Waals surface area contributed by atoms with Crippen molar-refractivity contribution in [1.29, 1.82) is 0 Å². The molecule has 0 aliphatic carbocycles. The number of piperazine rings is 1. The van der Waals surface area contributed by atoms with Crippen LogP contribution < -0.4 is 9.46 Å². The van der Waals surface area contributed by atoms with Gasteiger partial charge in [-0.3, -0.25) is 24.0 Å². The zero-order chi connectivity index (χ0) is 25.1. The van der Waals surface area contributed by atoms with Crippen LogP contribution in [0.1, 0.15) is 21.6 Å². The molecule has 3 rings (SSSR count). The van der Waals surface area contributed by atoms with Crippen LogP contribution in [0.4, 0.5) is 32.0 Å². The Morgan fingerprint density at radius 1 is 1.12 bits per heavy atom. The van der Waals surface area contributed by atoms with E-state index < -0.39 is 46.7 Å². The predicted octanol–water partition coefficient (Wildman–Crippen LogP) is 3.51. The highest BCUT2D eigenvalue weighted by atomic mass is 32.2. The summed E-state index contributed by atoms with van der Waals surface area (Å²) in [5.41, 5.74) is -1.60. The number of nitrogens with one attached hydrogen (secondary N) is 1. The third-order valence-electron chi connectivity index (χ3n) is 4.88. The number of rotatable bonds is 6. The summed E-state index contributed by atoms with van der Waals surface area (Å²) < 4.78 is 103. The minimum atomic E-state index is -5.11. The SMILES string of the molecule is O=C(c1ccc(NS(=O)O)c(OC(F)(F)F)c1)N1CCN(Cc2ncccc2C(F)(F)F)CC1. The van der Waals surface area contributed by atoms with Crippen molar-refractivity contribution in [2.45, 2.75) is 19.1 Å². The Hall–Kier alpha value is -2.91. The fourth-order valence-electron chi connectivity index (χ4n) is 3.37. The zero-order valence-electron chi connectivity index (χ0n) is 17.2. The lowest BCUT2D eigenvalue weighted by Gasteiger charge is -2.35. The average Bonchev–Trinajstić information content (AvgIpc) is 2.73. The maximum absolute atomic E-state index is 13.2. The smallest absolute Gasteiger partial charge is 0.404 e. The van der Waals surface area contributed by atoms with Crippen LogP contribution >= 0.6 is 0 Å². The van der Waals surface area contributed by atoms with Gasteiger partial charge < -0.3 is 9.64 Å². The number of benzene rings is 1. The first-order valence-electron chi connectivity index (χ1n) is 9.63. The van der Waals surface area contributed by atoms with Gasteiger partial charge in [0.1, 0.15) is 0 Å². The molecular formula is C19H18F6N4O4S. The van der Waals surface area contributed by atoms with Crippen LogP contribution in [0.2, 0.25) is 0 Å². The first kappa shape index (κ1) is 25.7. The summed E-state index contributed by atoms with van der Waals surface area (Å²) >= 11 is -2.68. The first-order chi connectivity index (χ1) is 15.8. The number of nitrogens with zero attached hydrogens (tertiary/aromatic N) is 3. The minimum Gasteiger partial charge on any atom is -0.404 e. The highest BCUT2D eigenvalue weighted by Gasteiger charge is 2.35. The number of anilines is 1. The molecule has 0 spiro atoms. The van der Waals surface area contributed by atoms with Gasteiger partial charge in [-0.2, -0.15) is 13.2 Å². The van der Waals surface area contributed by atoms with Crippen LogP contribution in [-0.2, 0) is 24.0 Å². The standard InChI is InChI=1S/C19H18F6N4O4S/c20-18(21,22)13-2-1-5-26-15(13)11-28-6-8-29(9-7-28)17(30)12-3-4-14(27-34(31)32)16(10-12)33-19(23,24)25/h1-5,10,27H,6-9,11H2,(H,31,32). The summed E-state index contributed by atoms with van der Waals surface area (Å²) in [7, 11) is 0. The molecule has 0 saturated carbocycles. The summed E-state index contributed by atoms with van der Waals surface area (Å²) in [5.74, 6) is -1.49. The Morgan fingerprint density at radius 2 is 1.79 bits per heavy atom. The molecule has 2 heterocycles. The number of alkyl halides is 6. The number of hydrogen-bond donors (Lipinski definition) is 2. The van der Waals surface area contributed by atoms with E-state index in [0.29, 0.717) is 0 Å². The molecule has 15 heteroatoms. The maximum atomic E-state index is 13.2. The van der Waals surface area contributed by atoms with Crippen LogP contribution in [0.5, 0.6) is 5.75 Å². The normalized spacial score (nSPS) is 16.3. The van der Waals surface area contributed by atoms with Gasteiger partial charge in [-0.05, 0) is 30.3 Å². The fourth-order valence-corrected chi connectivity index (χ4v) is 3.73. The lowest BCUT2D eigenvalue weighted by molar-refractivity contribution is -0.274. The zero-order valence-corrected chi connectivity index (χ0v) is 18.0. The second-order valence-electron chi connectivity index (χ2n) is 7.17. The molecule has 1 fully saturated rings. The van der Waals surface area contributed by atoms with Crippen LogP contribution in [0.15, 0.2) is 36.5 Å². The molecule has 186 valence electrons. The van der Waals surface area contributed by atoms with E-state index in [-0.39, 0.29) is 44.0 Å². The number of carbonyl (C=O) groups is 1. The fraction of sp³-hybridized carbons (Fsp3) is 0.368. The quantitative estimate of drug-likeness (QED) is 0.455. The van der Waals surface area contributed by atoms with E-state index in [0.717, 1.165) is 24.3 Å². The van der Waals surface area contributed by atoms with Crippen molar-refractivity contribution in [2.24, 2.45) is 0 Å². The Labute approximate surface area is 191 Å². The van der Waals surface area contributed by atoms with Crippen molar-refractivity contribution in [1.82, 2.24) is 14.8 Å². The second kappa shape index (κ2) is 10.1. The topological polar surface area (TPSA) is 95.0 Å². The van der Waals surface area contributed by atoms with Crippen LogP contribution in [0, 0.1) is 0 Å². The number of aromatic nitrogens is 1. The molecule has 2 aromatic rings. The maximum Gasteiger partial charge on any atom is 0.573 e. The monoisotopic (exact) mass is 512 g/mol. The molecule has 1 aromatic heterocycles. The lowest BCUT2D eigenvalue weighted by atomic mass is 10.1. The highest BCUT2D eigenvalue weighted by Crippen LogP contribution is 2.33. The molecule has 1 aromatic carbocycles. The molecule has 34 heavy (non-hydrogen) atoms. The van der Waals surface area contributed by atoms with E-state index in [1.54, 1.807) is 4.90 Å². The van der Waals surface area contributed by atoms with Gasteiger partial charge in [0, 0.05) is 44.5 Å². The van der Waals surface area contributed by atoms with Gasteiger partial charge in [-0.25, -0.2) is 4.21 Å². The third-order valence-corrected chi connectivity index (χ3v) is 5.27. The van der Waals surface area contributed by atoms with Crippen molar-refractivity contribution in [3.63, 3.8) is 0 Å². The van der Waals surface area contributed by atoms with Crippen LogP contribution in [-0.4, -0.2) is 62.0 Å². The van der Waals surface area contributed by atoms with Gasteiger partial charge in [0.2, 0.25) is 0 Å². The van der Waals surface area contributed by atoms with Gasteiger partial charge in [0.05, 0.1) is 16.9 Å². The van der Waals surface area contributed by atoms with Gasteiger partial charge in [0.15, 0.2) is 5.75 Å². The number of ether oxygens (including phenoxy) is 1. The van der Waals surface area contributed by atoms with Crippen LogP contribution in [0.25, 0.3) is 0 Å². The molecule has 8 nitrogen and oxygen atoms in total. The first-order valence-corrected chi connectivity index (χ1v) is 10.7. The van der Waals surface area contributed by atoms with E-state index in [1.165, 1.54) is 17.2 Å². The number of hydrogen-bond acceptors (Lipinski definition) is 5. The van der Waals surface area contributed by atoms with Gasteiger partial charge in [0.25, 0.3) is 17.2 Å². The minimum absolute atomic E-state index is 0.0834. The molecule has 1 atom stereocenters. The molecule has 1 amide bonds. The van der Waals surface area contributed by atoms with Crippen molar-refractivity contribution in [3.05, 3.63) is 53.3 Å². The number of pyridine rings is 1. The Kier molecular flexibility index (Phi) is 7.67. The average molecular weight is 512 g/mol. The Bertz CT molecular complexity index is 1060. The second-order valence-corrected chi connectivity index (χ2v) is 7.88. The third kappa shape index (κ3) is 6.80. The largest absolute Gasteiger partial charge is 0.573 e. The van der Waals surface area contributed by atoms with Crippen molar-refractivity contribution < 1.29 is 44.6 Å². The van der Waals surface area contributed by atoms with E-state index in [4.69, 9.17) is 4.55 Å². The predicted molar refractivity (Wildman–Crippen MR) is 108 cm³/mol. The summed E-state index contributed by atoms with van der Waals surface area (Å²) in [6, 6.07) is 5.09. The lowest BCUT2D eigenvalue weighted by Crippen LogP contribution is -2.48. The Morgan fingerprint density at radius 3 is 2.38 bits per heavy atom. The molecule has 2 N–H and O–H groups in total. The molecule has 1 unspecified atom stereocenters. The summed E-state index contributed by atoms with van der Waals surface area (Å²) in [4.78, 5) is 19.6. The summed E-state index contributed by atoms with van der Waals surface area (Å²) in [5, 5.41) is 0. The number of carbonyl (C=O) groups excluding carboxylic acids is 1. The molecule has 1 saturated heterocycles. The van der Waals surface area contributed by atoms with Crippen molar-refractivity contribution in [2.75, 3.05) is 30.9 Å². The van der Waals surface area contributed by atoms with Crippen LogP contribution in [0.3, 0.4) is 0 Å². The van der Waals surface area contributed by atoms with E-state index in [9.17, 15) is 35.3 Å². The highest BCUT2D eigenvalue weighted by molar-refractivity contribution is 7.80. The number of amides is 1. The van der Waals surface area contributed by atoms with E-state index >= 15 is 0 Å². The van der Waals surface area contributed by atoms with E-state index in [2.05, 4.69) is 9.72 Å². The van der Waals surface area contributed by atoms with Gasteiger partial charge in [-0.15, -0.1) is 13.2 Å². The summed E-state index contributed by atoms with van der Waals surface area (Å²) in [6.07, 6.45) is -8.40. The van der Waals surface area contributed by atoms with Crippen molar-refractivity contribution in [3.8, 4) is 5.75 Å². The summed E-state index contributed by atoms with van der Waals surface area (Å²) in [6.45, 7) is 0.579. The molecule has 0 bridgehead atoms. The Balaban J connectivity index is 1.69. The van der Waals surface area contributed by atoms with Gasteiger partial charge >= 0.3 is 12.5 Å². The van der Waals surface area contributed by atoms with E-state index in [1.807, 2.05) is 4.72 Å². The molecule has 1 aliphatic rings. The number of halogens is 6. The molecular weight excluding hydrogens is 494 g/mol. The molecule has 1 aliphatic heterocycles. The van der Waals surface area contributed by atoms with Crippen molar-refractivity contribution >= 4 is 22.9 Å².